The van der Waals surface area contributed by atoms with Crippen LogP contribution in [0.25, 0.3) is 22.3 Å². The van der Waals surface area contributed by atoms with E-state index in [1.807, 2.05) is 47.8 Å². The Morgan fingerprint density at radius 2 is 1.35 bits per heavy atom. The second kappa shape index (κ2) is 8.58. The summed E-state index contributed by atoms with van der Waals surface area (Å²) in [7, 11) is 0. The molecule has 0 unspecified atom stereocenters. The molecule has 0 saturated heterocycles. The van der Waals surface area contributed by atoms with Crippen molar-refractivity contribution in [2.75, 3.05) is 16.5 Å². The lowest BCUT2D eigenvalue weighted by atomic mass is 10.2. The van der Waals surface area contributed by atoms with E-state index in [4.69, 9.17) is 17.3 Å². The molecule has 6 aromatic rings. The van der Waals surface area contributed by atoms with E-state index in [0.29, 0.717) is 6.54 Å². The SMILES string of the molecule is Nc1nc2c(nc(N(N)c3nc4c(=O)[nH]c(N)nc4n3Cc3cccs3)n2Cc2ccccc2)c(=O)[nH]1. The van der Waals surface area contributed by atoms with Gasteiger partial charge in [-0.1, -0.05) is 36.4 Å². The van der Waals surface area contributed by atoms with Crippen molar-refractivity contribution in [1.29, 1.82) is 0 Å². The number of anilines is 4. The van der Waals surface area contributed by atoms with Gasteiger partial charge < -0.3 is 11.5 Å². The van der Waals surface area contributed by atoms with Gasteiger partial charge in [-0.05, 0) is 17.0 Å². The molecule has 0 atom stereocenters. The first kappa shape index (κ1) is 22.4. The van der Waals surface area contributed by atoms with E-state index in [2.05, 4.69) is 29.9 Å². The van der Waals surface area contributed by atoms with Crippen LogP contribution in [0, 0.1) is 0 Å². The predicted molar refractivity (Wildman–Crippen MR) is 140 cm³/mol. The summed E-state index contributed by atoms with van der Waals surface area (Å²) < 4.78 is 3.34. The molecule has 5 heterocycles. The summed E-state index contributed by atoms with van der Waals surface area (Å²) in [5, 5.41) is 3.13. The van der Waals surface area contributed by atoms with Gasteiger partial charge in [-0.3, -0.25) is 28.7 Å². The molecule has 37 heavy (non-hydrogen) atoms. The Bertz CT molecular complexity index is 1870. The number of nitrogens with two attached hydrogens (primary N) is 3. The molecule has 5 aromatic heterocycles. The fourth-order valence-electron chi connectivity index (χ4n) is 4.11. The number of hydrogen-bond donors (Lipinski definition) is 5. The second-order valence-corrected chi connectivity index (χ2v) is 9.21. The molecule has 186 valence electrons. The molecule has 0 aliphatic heterocycles. The molecule has 0 bridgehead atoms. The maximum Gasteiger partial charge on any atom is 0.280 e. The van der Waals surface area contributed by atoms with Crippen molar-refractivity contribution in [3.63, 3.8) is 0 Å². The third kappa shape index (κ3) is 3.87. The van der Waals surface area contributed by atoms with Gasteiger partial charge in [-0.15, -0.1) is 11.3 Å². The summed E-state index contributed by atoms with van der Waals surface area (Å²) >= 11 is 1.52. The van der Waals surface area contributed by atoms with Gasteiger partial charge in [0.25, 0.3) is 11.1 Å². The Labute approximate surface area is 211 Å². The van der Waals surface area contributed by atoms with E-state index in [1.165, 1.54) is 16.3 Å². The number of aromatic amines is 2. The number of imidazole rings is 2. The van der Waals surface area contributed by atoms with Crippen molar-refractivity contribution < 1.29 is 0 Å². The molecule has 0 saturated carbocycles. The smallest absolute Gasteiger partial charge is 0.280 e. The van der Waals surface area contributed by atoms with E-state index in [-0.39, 0.29) is 52.7 Å². The standard InChI is InChI=1S/C22H20N12O2S/c23-19-28-15-13(17(35)30-19)26-21(32(15)9-11-5-2-1-3-6-11)34(25)22-27-14-16(29-20(24)31-18(14)36)33(22)10-12-7-4-8-37-12/h1-8H,9-10,25H2,(H3,23,28,30,35)(H3,24,29,31,36). The minimum atomic E-state index is -0.512. The number of hydrazine groups is 1. The summed E-state index contributed by atoms with van der Waals surface area (Å²) in [6.07, 6.45) is 0. The molecule has 6 rings (SSSR count). The van der Waals surface area contributed by atoms with Gasteiger partial charge in [0.15, 0.2) is 22.3 Å². The Morgan fingerprint density at radius 3 is 1.89 bits per heavy atom. The number of nitrogens with one attached hydrogen (secondary N) is 2. The maximum absolute atomic E-state index is 12.7. The quantitative estimate of drug-likeness (QED) is 0.156. The average Bonchev–Trinajstić information content (AvgIpc) is 3.59. The third-order valence-electron chi connectivity index (χ3n) is 5.72. The lowest BCUT2D eigenvalue weighted by Crippen LogP contribution is -2.31. The van der Waals surface area contributed by atoms with E-state index < -0.39 is 11.1 Å². The van der Waals surface area contributed by atoms with Crippen LogP contribution in [0.1, 0.15) is 10.4 Å². The summed E-state index contributed by atoms with van der Waals surface area (Å²) in [5.41, 5.74) is 12.2. The van der Waals surface area contributed by atoms with Crippen molar-refractivity contribution in [1.82, 2.24) is 39.0 Å². The monoisotopic (exact) mass is 516 g/mol. The minimum absolute atomic E-state index is 0.0525. The van der Waals surface area contributed by atoms with Crippen LogP contribution in [-0.2, 0) is 13.1 Å². The number of nitrogens with zero attached hydrogens (tertiary/aromatic N) is 7. The van der Waals surface area contributed by atoms with Gasteiger partial charge in [-0.25, -0.2) is 20.8 Å². The van der Waals surface area contributed by atoms with Crippen LogP contribution in [0.2, 0.25) is 0 Å². The van der Waals surface area contributed by atoms with Crippen molar-refractivity contribution >= 4 is 57.5 Å². The molecular formula is C22H20N12O2S. The Kier molecular flexibility index (Phi) is 5.20. The summed E-state index contributed by atoms with van der Waals surface area (Å²) in [4.78, 5) is 48.8. The average molecular weight is 517 g/mol. The van der Waals surface area contributed by atoms with Crippen LogP contribution in [0.3, 0.4) is 0 Å². The van der Waals surface area contributed by atoms with E-state index in [1.54, 1.807) is 9.13 Å². The fraction of sp³-hybridized carbons (Fsp3) is 0.0909. The van der Waals surface area contributed by atoms with Gasteiger partial charge in [0.2, 0.25) is 23.8 Å². The molecule has 14 nitrogen and oxygen atoms in total. The number of hydrogen-bond acceptors (Lipinski definition) is 11. The van der Waals surface area contributed by atoms with E-state index >= 15 is 0 Å². The molecular weight excluding hydrogens is 496 g/mol. The summed E-state index contributed by atoms with van der Waals surface area (Å²) in [6, 6.07) is 13.4. The highest BCUT2D eigenvalue weighted by Crippen LogP contribution is 2.28. The maximum atomic E-state index is 12.7. The van der Waals surface area contributed by atoms with E-state index in [9.17, 15) is 9.59 Å². The summed E-state index contributed by atoms with van der Waals surface area (Å²) in [5.74, 6) is 6.85. The first-order valence-electron chi connectivity index (χ1n) is 11.0. The predicted octanol–water partition coefficient (Wildman–Crippen LogP) is 0.887. The number of fused-ring (bicyclic) bond motifs is 2. The topological polar surface area (TPSA) is 208 Å². The number of H-pyrrole nitrogens is 2. The van der Waals surface area contributed by atoms with Crippen molar-refractivity contribution in [3.05, 3.63) is 79.0 Å². The molecule has 15 heteroatoms. The zero-order valence-electron chi connectivity index (χ0n) is 19.1. The number of aromatic nitrogens is 8. The molecule has 0 aliphatic rings. The lowest BCUT2D eigenvalue weighted by molar-refractivity contribution is 0.749. The highest BCUT2D eigenvalue weighted by Gasteiger charge is 2.26. The first-order valence-corrected chi connectivity index (χ1v) is 11.9. The van der Waals surface area contributed by atoms with Crippen LogP contribution >= 0.6 is 11.3 Å². The van der Waals surface area contributed by atoms with Gasteiger partial charge in [-0.2, -0.15) is 9.97 Å². The normalized spacial score (nSPS) is 11.5. The zero-order valence-corrected chi connectivity index (χ0v) is 19.9. The molecule has 8 N–H and O–H groups in total. The lowest BCUT2D eigenvalue weighted by Gasteiger charge is -2.19. The van der Waals surface area contributed by atoms with Crippen molar-refractivity contribution in [2.24, 2.45) is 5.84 Å². The van der Waals surface area contributed by atoms with Gasteiger partial charge >= 0.3 is 0 Å². The van der Waals surface area contributed by atoms with Gasteiger partial charge in [0.1, 0.15) is 0 Å². The van der Waals surface area contributed by atoms with Crippen LogP contribution in [0.15, 0.2) is 57.4 Å². The number of nitrogen functional groups attached to an aromatic ring is 2. The first-order chi connectivity index (χ1) is 17.9. The molecule has 0 spiro atoms. The molecule has 0 fully saturated rings. The van der Waals surface area contributed by atoms with Crippen molar-refractivity contribution in [2.45, 2.75) is 13.1 Å². The second-order valence-electron chi connectivity index (χ2n) is 8.18. The summed E-state index contributed by atoms with van der Waals surface area (Å²) in [6.45, 7) is 0.602. The van der Waals surface area contributed by atoms with Gasteiger partial charge in [0, 0.05) is 4.88 Å². The van der Waals surface area contributed by atoms with Gasteiger partial charge in [0.05, 0.1) is 13.1 Å². The van der Waals surface area contributed by atoms with Crippen LogP contribution in [0.5, 0.6) is 0 Å². The number of thiophene rings is 1. The third-order valence-corrected chi connectivity index (χ3v) is 6.58. The Morgan fingerprint density at radius 1 is 0.784 bits per heavy atom. The minimum Gasteiger partial charge on any atom is -0.369 e. The molecule has 0 amide bonds. The Hall–Kier alpha value is -5.02. The molecule has 1 aromatic carbocycles. The van der Waals surface area contributed by atoms with Crippen LogP contribution < -0.4 is 33.4 Å². The van der Waals surface area contributed by atoms with Crippen molar-refractivity contribution in [3.8, 4) is 0 Å². The molecule has 0 radical (unpaired) electrons. The highest BCUT2D eigenvalue weighted by atomic mass is 32.1. The largest absolute Gasteiger partial charge is 0.369 e. The number of benzene rings is 1. The zero-order chi connectivity index (χ0) is 25.7. The number of rotatable bonds is 6. The van der Waals surface area contributed by atoms with Crippen LogP contribution in [0.4, 0.5) is 23.8 Å². The van der Waals surface area contributed by atoms with E-state index in [0.717, 1.165) is 10.4 Å². The fourth-order valence-corrected chi connectivity index (χ4v) is 4.80. The molecule has 0 aliphatic carbocycles. The Balaban J connectivity index is 1.58. The highest BCUT2D eigenvalue weighted by molar-refractivity contribution is 7.09. The van der Waals surface area contributed by atoms with Crippen LogP contribution in [-0.4, -0.2) is 39.0 Å².